The number of benzene rings is 1. The molecule has 1 atom stereocenters. The highest BCUT2D eigenvalue weighted by Crippen LogP contribution is 2.16. The van der Waals surface area contributed by atoms with Crippen molar-refractivity contribution in [2.24, 2.45) is 10.9 Å². The topological polar surface area (TPSA) is 68.8 Å². The van der Waals surface area contributed by atoms with Crippen LogP contribution in [-0.2, 0) is 11.3 Å². The predicted molar refractivity (Wildman–Crippen MR) is 118 cm³/mol. The lowest BCUT2D eigenvalue weighted by molar-refractivity contribution is -0.118. The van der Waals surface area contributed by atoms with Gasteiger partial charge >= 0.3 is 0 Å². The van der Waals surface area contributed by atoms with E-state index in [1.165, 1.54) is 25.8 Å². The third kappa shape index (κ3) is 7.50. The summed E-state index contributed by atoms with van der Waals surface area (Å²) in [4.78, 5) is 18.6. The first kappa shape index (κ1) is 22.2. The molecular formula is C22H37N5O. The van der Waals surface area contributed by atoms with Crippen LogP contribution in [0, 0.1) is 5.92 Å². The molecule has 1 aromatic rings. The van der Waals surface area contributed by atoms with Crippen LogP contribution in [0.2, 0.25) is 0 Å². The Bertz CT molecular complexity index is 626. The lowest BCUT2D eigenvalue weighted by Crippen LogP contribution is -2.41. The Morgan fingerprint density at radius 2 is 1.96 bits per heavy atom. The van der Waals surface area contributed by atoms with Gasteiger partial charge in [-0.05, 0) is 50.4 Å². The Morgan fingerprint density at radius 1 is 1.21 bits per heavy atom. The minimum absolute atomic E-state index is 0.0196. The van der Waals surface area contributed by atoms with E-state index in [0.717, 1.165) is 42.8 Å². The monoisotopic (exact) mass is 387 g/mol. The number of anilines is 1. The summed E-state index contributed by atoms with van der Waals surface area (Å²) >= 11 is 0. The number of hydrogen-bond acceptors (Lipinski definition) is 3. The number of piperidine rings is 1. The van der Waals surface area contributed by atoms with Crippen LogP contribution in [0.4, 0.5) is 5.69 Å². The maximum Gasteiger partial charge on any atom is 0.226 e. The Balaban J connectivity index is 1.68. The van der Waals surface area contributed by atoms with E-state index < -0.39 is 0 Å². The third-order valence-electron chi connectivity index (χ3n) is 5.28. The zero-order valence-electron chi connectivity index (χ0n) is 17.9. The number of rotatable bonds is 8. The Labute approximate surface area is 170 Å². The van der Waals surface area contributed by atoms with Crippen molar-refractivity contribution in [2.45, 2.75) is 59.0 Å². The summed E-state index contributed by atoms with van der Waals surface area (Å²) in [6, 6.07) is 8.64. The number of nitrogens with one attached hydrogen (secondary N) is 3. The fourth-order valence-electron chi connectivity index (χ4n) is 3.38. The van der Waals surface area contributed by atoms with Crippen molar-refractivity contribution in [3.05, 3.63) is 29.8 Å². The van der Waals surface area contributed by atoms with E-state index in [1.54, 1.807) is 7.05 Å². The molecule has 28 heavy (non-hydrogen) atoms. The molecule has 6 heteroatoms. The van der Waals surface area contributed by atoms with Crippen molar-refractivity contribution in [1.29, 1.82) is 0 Å². The molecule has 1 heterocycles. The fourth-order valence-corrected chi connectivity index (χ4v) is 3.38. The summed E-state index contributed by atoms with van der Waals surface area (Å²) in [6.45, 7) is 10.1. The summed E-state index contributed by atoms with van der Waals surface area (Å²) in [7, 11) is 1.80. The second kappa shape index (κ2) is 11.7. The van der Waals surface area contributed by atoms with Crippen LogP contribution in [0.3, 0.4) is 0 Å². The van der Waals surface area contributed by atoms with Crippen molar-refractivity contribution >= 4 is 17.6 Å². The van der Waals surface area contributed by atoms with E-state index in [2.05, 4.69) is 32.8 Å². The normalized spacial score (nSPS) is 18.2. The number of likely N-dealkylation sites (tertiary alicyclic amines) is 1. The molecule has 0 radical (unpaired) electrons. The Hall–Kier alpha value is -2.08. The first-order valence-electron chi connectivity index (χ1n) is 10.6. The van der Waals surface area contributed by atoms with E-state index in [0.29, 0.717) is 6.54 Å². The zero-order valence-corrected chi connectivity index (χ0v) is 17.9. The lowest BCUT2D eigenvalue weighted by Gasteiger charge is -2.33. The van der Waals surface area contributed by atoms with Crippen LogP contribution >= 0.6 is 0 Å². The maximum absolute atomic E-state index is 11.7. The van der Waals surface area contributed by atoms with Gasteiger partial charge < -0.3 is 20.9 Å². The van der Waals surface area contributed by atoms with Crippen molar-refractivity contribution in [2.75, 3.05) is 32.0 Å². The molecule has 2 rings (SSSR count). The summed E-state index contributed by atoms with van der Waals surface area (Å²) < 4.78 is 0. The molecule has 1 saturated heterocycles. The van der Waals surface area contributed by atoms with Gasteiger partial charge in [0.2, 0.25) is 5.91 Å². The first-order valence-corrected chi connectivity index (χ1v) is 10.6. The van der Waals surface area contributed by atoms with Gasteiger partial charge in [-0.3, -0.25) is 9.79 Å². The molecule has 6 nitrogen and oxygen atoms in total. The first-order chi connectivity index (χ1) is 13.5. The van der Waals surface area contributed by atoms with E-state index in [1.807, 2.05) is 38.1 Å². The SMILES string of the molecule is CN=C(NCCCN1CCCCC1C)NCc1ccc(NC(=O)C(C)C)cc1. The second-order valence-electron chi connectivity index (χ2n) is 7.93. The van der Waals surface area contributed by atoms with Gasteiger partial charge in [-0.1, -0.05) is 32.4 Å². The molecule has 1 fully saturated rings. The van der Waals surface area contributed by atoms with Crippen molar-refractivity contribution in [1.82, 2.24) is 15.5 Å². The van der Waals surface area contributed by atoms with E-state index in [4.69, 9.17) is 0 Å². The van der Waals surface area contributed by atoms with Gasteiger partial charge in [-0.2, -0.15) is 0 Å². The molecule has 0 aromatic heterocycles. The molecular weight excluding hydrogens is 350 g/mol. The van der Waals surface area contributed by atoms with Gasteiger partial charge in [0.05, 0.1) is 0 Å². The quantitative estimate of drug-likeness (QED) is 0.364. The molecule has 1 aliphatic heterocycles. The molecule has 0 spiro atoms. The Morgan fingerprint density at radius 3 is 2.61 bits per heavy atom. The summed E-state index contributed by atoms with van der Waals surface area (Å²) in [6.07, 6.45) is 5.16. The van der Waals surface area contributed by atoms with Crippen LogP contribution in [0.25, 0.3) is 0 Å². The summed E-state index contributed by atoms with van der Waals surface area (Å²) in [5, 5.41) is 9.66. The molecule has 0 saturated carbocycles. The van der Waals surface area contributed by atoms with E-state index in [-0.39, 0.29) is 11.8 Å². The van der Waals surface area contributed by atoms with Gasteiger partial charge in [-0.25, -0.2) is 0 Å². The average Bonchev–Trinajstić information content (AvgIpc) is 2.69. The highest BCUT2D eigenvalue weighted by atomic mass is 16.1. The maximum atomic E-state index is 11.7. The van der Waals surface area contributed by atoms with Crippen LogP contribution in [-0.4, -0.2) is 49.5 Å². The van der Waals surface area contributed by atoms with Gasteiger partial charge in [0.15, 0.2) is 5.96 Å². The highest BCUT2D eigenvalue weighted by molar-refractivity contribution is 5.92. The number of carbonyl (C=O) groups excluding carboxylic acids is 1. The molecule has 0 bridgehead atoms. The zero-order chi connectivity index (χ0) is 20.4. The largest absolute Gasteiger partial charge is 0.356 e. The standard InChI is InChI=1S/C22H37N5O/c1-17(2)21(28)26-20-11-9-19(10-12-20)16-25-22(23-4)24-13-7-15-27-14-6-5-8-18(27)3/h9-12,17-18H,5-8,13-16H2,1-4H3,(H,26,28)(H2,23,24,25). The molecule has 1 amide bonds. The van der Waals surface area contributed by atoms with Crippen LogP contribution in [0.15, 0.2) is 29.3 Å². The second-order valence-corrected chi connectivity index (χ2v) is 7.93. The predicted octanol–water partition coefficient (Wildman–Crippen LogP) is 3.21. The minimum atomic E-state index is -0.0196. The Kier molecular flexibility index (Phi) is 9.28. The smallest absolute Gasteiger partial charge is 0.226 e. The van der Waals surface area contributed by atoms with Crippen molar-refractivity contribution in [3.8, 4) is 0 Å². The number of guanidine groups is 1. The van der Waals surface area contributed by atoms with Gasteiger partial charge in [0, 0.05) is 44.3 Å². The number of nitrogens with zero attached hydrogens (tertiary/aromatic N) is 2. The number of hydrogen-bond donors (Lipinski definition) is 3. The van der Waals surface area contributed by atoms with Crippen LogP contribution in [0.5, 0.6) is 0 Å². The summed E-state index contributed by atoms with van der Waals surface area (Å²) in [5.74, 6) is 0.840. The molecule has 1 unspecified atom stereocenters. The van der Waals surface area contributed by atoms with Crippen molar-refractivity contribution < 1.29 is 4.79 Å². The number of aliphatic imine (C=N–C) groups is 1. The third-order valence-corrected chi connectivity index (χ3v) is 5.28. The highest BCUT2D eigenvalue weighted by Gasteiger charge is 2.17. The molecule has 156 valence electrons. The number of amides is 1. The summed E-state index contributed by atoms with van der Waals surface area (Å²) in [5.41, 5.74) is 1.98. The van der Waals surface area contributed by atoms with E-state index >= 15 is 0 Å². The van der Waals surface area contributed by atoms with Gasteiger partial charge in [0.25, 0.3) is 0 Å². The molecule has 0 aliphatic carbocycles. The number of carbonyl (C=O) groups is 1. The fraction of sp³-hybridized carbons (Fsp3) is 0.636. The van der Waals surface area contributed by atoms with E-state index in [9.17, 15) is 4.79 Å². The van der Waals surface area contributed by atoms with Crippen LogP contribution < -0.4 is 16.0 Å². The minimum Gasteiger partial charge on any atom is -0.356 e. The van der Waals surface area contributed by atoms with Gasteiger partial charge in [0.1, 0.15) is 0 Å². The molecule has 1 aromatic carbocycles. The molecule has 3 N–H and O–H groups in total. The van der Waals surface area contributed by atoms with Crippen molar-refractivity contribution in [3.63, 3.8) is 0 Å². The average molecular weight is 388 g/mol. The molecule has 1 aliphatic rings. The van der Waals surface area contributed by atoms with Crippen LogP contribution in [0.1, 0.15) is 52.0 Å². The van der Waals surface area contributed by atoms with Gasteiger partial charge in [-0.15, -0.1) is 0 Å². The lowest BCUT2D eigenvalue weighted by atomic mass is 10.0.